The highest BCUT2D eigenvalue weighted by Crippen LogP contribution is 2.27. The monoisotopic (exact) mass is 402 g/mol. The van der Waals surface area contributed by atoms with Crippen LogP contribution in [0.5, 0.6) is 11.5 Å². The number of esters is 1. The summed E-state index contributed by atoms with van der Waals surface area (Å²) in [6.45, 7) is 5.00. The van der Waals surface area contributed by atoms with E-state index in [9.17, 15) is 4.79 Å². The van der Waals surface area contributed by atoms with Crippen LogP contribution >= 0.6 is 0 Å². The Morgan fingerprint density at radius 3 is 2.07 bits per heavy atom. The zero-order valence-corrected chi connectivity index (χ0v) is 17.3. The number of allylic oxidation sites excluding steroid dienone is 1. The molecule has 4 nitrogen and oxygen atoms in total. The van der Waals surface area contributed by atoms with E-state index in [1.807, 2.05) is 80.6 Å². The SMILES string of the molecule is CC(C)=CCOc1cc(OCc2ccccc2)ccc1C(=O)OCc1ccccc1. The molecule has 3 aromatic carbocycles. The van der Waals surface area contributed by atoms with Crippen molar-refractivity contribution in [2.75, 3.05) is 6.61 Å². The van der Waals surface area contributed by atoms with Crippen molar-refractivity contribution in [3.05, 3.63) is 107 Å². The summed E-state index contributed by atoms with van der Waals surface area (Å²) in [6.07, 6.45) is 1.95. The lowest BCUT2D eigenvalue weighted by molar-refractivity contribution is 0.0468. The second-order valence-electron chi connectivity index (χ2n) is 7.09. The first-order valence-corrected chi connectivity index (χ1v) is 9.90. The highest BCUT2D eigenvalue weighted by atomic mass is 16.5. The van der Waals surface area contributed by atoms with Crippen molar-refractivity contribution < 1.29 is 19.0 Å². The highest BCUT2D eigenvalue weighted by Gasteiger charge is 2.16. The largest absolute Gasteiger partial charge is 0.489 e. The summed E-state index contributed by atoms with van der Waals surface area (Å²) in [5, 5.41) is 0. The van der Waals surface area contributed by atoms with Gasteiger partial charge in [0.1, 0.15) is 36.9 Å². The van der Waals surface area contributed by atoms with E-state index in [1.165, 1.54) is 0 Å². The number of ether oxygens (including phenoxy) is 3. The molecule has 154 valence electrons. The minimum Gasteiger partial charge on any atom is -0.489 e. The first-order chi connectivity index (χ1) is 14.6. The lowest BCUT2D eigenvalue weighted by atomic mass is 10.2. The summed E-state index contributed by atoms with van der Waals surface area (Å²) in [4.78, 5) is 12.7. The van der Waals surface area contributed by atoms with Crippen LogP contribution in [0.15, 0.2) is 90.5 Å². The van der Waals surface area contributed by atoms with Crippen molar-refractivity contribution in [3.8, 4) is 11.5 Å². The molecule has 3 aromatic rings. The van der Waals surface area contributed by atoms with Crippen LogP contribution in [0.1, 0.15) is 35.3 Å². The van der Waals surface area contributed by atoms with E-state index in [4.69, 9.17) is 14.2 Å². The molecule has 3 rings (SSSR count). The third kappa shape index (κ3) is 6.52. The van der Waals surface area contributed by atoms with Crippen molar-refractivity contribution in [2.45, 2.75) is 27.1 Å². The van der Waals surface area contributed by atoms with E-state index >= 15 is 0 Å². The topological polar surface area (TPSA) is 44.8 Å². The number of carbonyl (C=O) groups excluding carboxylic acids is 1. The molecule has 0 aliphatic carbocycles. The van der Waals surface area contributed by atoms with E-state index in [1.54, 1.807) is 18.2 Å². The molecular formula is C26H26O4. The maximum atomic E-state index is 12.7. The third-order valence-electron chi connectivity index (χ3n) is 4.36. The molecule has 0 N–H and O–H groups in total. The van der Waals surface area contributed by atoms with Crippen LogP contribution in [0.2, 0.25) is 0 Å². The molecule has 0 fully saturated rings. The molecule has 0 aliphatic heterocycles. The minimum absolute atomic E-state index is 0.208. The van der Waals surface area contributed by atoms with Gasteiger partial charge in [-0.05, 0) is 43.2 Å². The van der Waals surface area contributed by atoms with Gasteiger partial charge in [0.05, 0.1) is 0 Å². The van der Waals surface area contributed by atoms with Gasteiger partial charge in [-0.1, -0.05) is 66.2 Å². The summed E-state index contributed by atoms with van der Waals surface area (Å²) >= 11 is 0. The van der Waals surface area contributed by atoms with Crippen molar-refractivity contribution in [3.63, 3.8) is 0 Å². The van der Waals surface area contributed by atoms with Crippen molar-refractivity contribution in [1.82, 2.24) is 0 Å². The average molecular weight is 402 g/mol. The van der Waals surface area contributed by atoms with Gasteiger partial charge < -0.3 is 14.2 Å². The first kappa shape index (κ1) is 21.2. The molecule has 0 unspecified atom stereocenters. The Morgan fingerprint density at radius 2 is 1.43 bits per heavy atom. The lowest BCUT2D eigenvalue weighted by Crippen LogP contribution is -2.09. The van der Waals surface area contributed by atoms with Gasteiger partial charge in [-0.25, -0.2) is 4.79 Å². The number of hydrogen-bond acceptors (Lipinski definition) is 4. The van der Waals surface area contributed by atoms with E-state index in [2.05, 4.69) is 0 Å². The fourth-order valence-electron chi connectivity index (χ4n) is 2.72. The average Bonchev–Trinajstić information content (AvgIpc) is 2.77. The Hall–Kier alpha value is -3.53. The summed E-state index contributed by atoms with van der Waals surface area (Å²) in [6, 6.07) is 24.7. The second kappa shape index (κ2) is 10.9. The molecule has 30 heavy (non-hydrogen) atoms. The molecule has 0 aliphatic rings. The van der Waals surface area contributed by atoms with Gasteiger partial charge in [-0.2, -0.15) is 0 Å². The highest BCUT2D eigenvalue weighted by molar-refractivity contribution is 5.92. The van der Waals surface area contributed by atoms with Gasteiger partial charge in [0.25, 0.3) is 0 Å². The molecule has 0 aromatic heterocycles. The molecule has 0 saturated heterocycles. The molecule has 0 radical (unpaired) electrons. The molecular weight excluding hydrogens is 376 g/mol. The molecule has 0 saturated carbocycles. The Labute approximate surface area is 177 Å². The van der Waals surface area contributed by atoms with Crippen molar-refractivity contribution >= 4 is 5.97 Å². The Balaban J connectivity index is 1.72. The molecule has 0 heterocycles. The zero-order valence-electron chi connectivity index (χ0n) is 17.3. The normalized spacial score (nSPS) is 10.2. The smallest absolute Gasteiger partial charge is 0.342 e. The summed E-state index contributed by atoms with van der Waals surface area (Å²) < 4.78 is 17.2. The van der Waals surface area contributed by atoms with Crippen molar-refractivity contribution in [2.24, 2.45) is 0 Å². The first-order valence-electron chi connectivity index (χ1n) is 9.90. The van der Waals surface area contributed by atoms with Gasteiger partial charge in [0.2, 0.25) is 0 Å². The standard InChI is InChI=1S/C26H26O4/c1-20(2)15-16-28-25-17-23(29-18-21-9-5-3-6-10-21)13-14-24(25)26(27)30-19-22-11-7-4-8-12-22/h3-15,17H,16,18-19H2,1-2H3. The van der Waals surface area contributed by atoms with Gasteiger partial charge in [-0.15, -0.1) is 0 Å². The fraction of sp³-hybridized carbons (Fsp3) is 0.192. The van der Waals surface area contributed by atoms with Gasteiger partial charge in [0, 0.05) is 6.07 Å². The summed E-state index contributed by atoms with van der Waals surface area (Å²) in [7, 11) is 0. The third-order valence-corrected chi connectivity index (χ3v) is 4.36. The number of carbonyl (C=O) groups is 1. The van der Waals surface area contributed by atoms with Crippen molar-refractivity contribution in [1.29, 1.82) is 0 Å². The Kier molecular flexibility index (Phi) is 7.67. The maximum absolute atomic E-state index is 12.7. The van der Waals surface area contributed by atoms with Crippen LogP contribution in [-0.4, -0.2) is 12.6 Å². The predicted molar refractivity (Wildman–Crippen MR) is 118 cm³/mol. The number of benzene rings is 3. The van der Waals surface area contributed by atoms with E-state index in [0.717, 1.165) is 16.7 Å². The molecule has 0 spiro atoms. The fourth-order valence-corrected chi connectivity index (χ4v) is 2.72. The van der Waals surface area contributed by atoms with Gasteiger partial charge in [-0.3, -0.25) is 0 Å². The number of rotatable bonds is 9. The maximum Gasteiger partial charge on any atom is 0.342 e. The molecule has 0 amide bonds. The Morgan fingerprint density at radius 1 is 0.800 bits per heavy atom. The second-order valence-corrected chi connectivity index (χ2v) is 7.09. The summed E-state index contributed by atoms with van der Waals surface area (Å²) in [5.74, 6) is 0.641. The van der Waals surface area contributed by atoms with E-state index in [-0.39, 0.29) is 6.61 Å². The van der Waals surface area contributed by atoms with Crippen LogP contribution < -0.4 is 9.47 Å². The van der Waals surface area contributed by atoms with Crippen LogP contribution in [0.25, 0.3) is 0 Å². The van der Waals surface area contributed by atoms with E-state index in [0.29, 0.717) is 30.3 Å². The lowest BCUT2D eigenvalue weighted by Gasteiger charge is -2.13. The van der Waals surface area contributed by atoms with Gasteiger partial charge in [0.15, 0.2) is 0 Å². The van der Waals surface area contributed by atoms with E-state index < -0.39 is 5.97 Å². The predicted octanol–water partition coefficient (Wildman–Crippen LogP) is 5.97. The van der Waals surface area contributed by atoms with Crippen LogP contribution in [0.4, 0.5) is 0 Å². The van der Waals surface area contributed by atoms with Gasteiger partial charge >= 0.3 is 5.97 Å². The van der Waals surface area contributed by atoms with Crippen LogP contribution in [0, 0.1) is 0 Å². The Bertz CT molecular complexity index is 974. The summed E-state index contributed by atoms with van der Waals surface area (Å²) in [5.41, 5.74) is 3.51. The quantitative estimate of drug-likeness (QED) is 0.327. The molecule has 0 atom stereocenters. The molecule has 0 bridgehead atoms. The zero-order chi connectivity index (χ0) is 21.2. The molecule has 4 heteroatoms. The minimum atomic E-state index is -0.430. The number of hydrogen-bond donors (Lipinski definition) is 0. The van der Waals surface area contributed by atoms with Crippen LogP contribution in [0.3, 0.4) is 0 Å². The van der Waals surface area contributed by atoms with Crippen LogP contribution in [-0.2, 0) is 18.0 Å².